The molecule has 0 aliphatic rings. The van der Waals surface area contributed by atoms with Crippen LogP contribution >= 0.6 is 0 Å². The molecule has 0 radical (unpaired) electrons. The average Bonchev–Trinajstić information content (AvgIpc) is 3.36. The maximum atomic E-state index is 12.1. The maximum absolute atomic E-state index is 12.1. The van der Waals surface area contributed by atoms with E-state index in [0.29, 0.717) is 6.54 Å². The molecule has 35 heavy (non-hydrogen) atoms. The Morgan fingerprint density at radius 3 is 2.57 bits per heavy atom. The summed E-state index contributed by atoms with van der Waals surface area (Å²) in [7, 11) is 0. The van der Waals surface area contributed by atoms with Gasteiger partial charge in [0.2, 0.25) is 11.8 Å². The smallest absolute Gasteiger partial charge is 0.328 e. The number of aromatic nitrogens is 2. The first-order chi connectivity index (χ1) is 17.0. The Morgan fingerprint density at radius 1 is 1.03 bits per heavy atom. The summed E-state index contributed by atoms with van der Waals surface area (Å²) in [6.45, 7) is 3.81. The Kier molecular flexibility index (Phi) is 9.36. The first-order valence-corrected chi connectivity index (χ1v) is 11.5. The highest BCUT2D eigenvalue weighted by molar-refractivity contribution is 6.03. The summed E-state index contributed by atoms with van der Waals surface area (Å²) in [4.78, 5) is 42.2. The summed E-state index contributed by atoms with van der Waals surface area (Å²) in [6, 6.07) is 18.7. The van der Waals surface area contributed by atoms with Gasteiger partial charge in [-0.1, -0.05) is 36.4 Å². The molecule has 0 aliphatic carbocycles. The molecule has 2 amide bonds. The molecule has 3 N–H and O–H groups in total. The van der Waals surface area contributed by atoms with E-state index in [0.717, 1.165) is 11.1 Å². The molecule has 0 saturated carbocycles. The van der Waals surface area contributed by atoms with E-state index >= 15 is 0 Å². The molecule has 0 spiro atoms. The Balaban J connectivity index is 0.000000220. The van der Waals surface area contributed by atoms with E-state index in [1.807, 2.05) is 61.8 Å². The summed E-state index contributed by atoms with van der Waals surface area (Å²) >= 11 is 0. The summed E-state index contributed by atoms with van der Waals surface area (Å²) in [5.74, 6) is -1.03. The highest BCUT2D eigenvalue weighted by Crippen LogP contribution is 2.21. The van der Waals surface area contributed by atoms with Crippen molar-refractivity contribution in [1.82, 2.24) is 20.6 Å². The van der Waals surface area contributed by atoms with Crippen LogP contribution in [0.4, 0.5) is 0 Å². The number of H-pyrrole nitrogens is 1. The van der Waals surface area contributed by atoms with Crippen LogP contribution in [0.25, 0.3) is 21.8 Å². The van der Waals surface area contributed by atoms with E-state index < -0.39 is 12.0 Å². The normalized spacial score (nSPS) is 11.3. The minimum atomic E-state index is -0.816. The molecule has 4 rings (SSSR count). The molecule has 8 heteroatoms. The number of hydrogen-bond acceptors (Lipinski definition) is 5. The van der Waals surface area contributed by atoms with E-state index in [9.17, 15) is 14.4 Å². The van der Waals surface area contributed by atoms with Gasteiger partial charge in [0.05, 0.1) is 11.0 Å². The minimum absolute atomic E-state index is 0.136. The number of benzene rings is 2. The van der Waals surface area contributed by atoms with Crippen molar-refractivity contribution < 1.29 is 19.1 Å². The maximum Gasteiger partial charge on any atom is 0.328 e. The van der Waals surface area contributed by atoms with Crippen molar-refractivity contribution >= 4 is 39.6 Å². The van der Waals surface area contributed by atoms with Gasteiger partial charge in [0.15, 0.2) is 0 Å². The fourth-order valence-electron chi connectivity index (χ4n) is 3.57. The van der Waals surface area contributed by atoms with Crippen molar-refractivity contribution in [2.45, 2.75) is 39.3 Å². The van der Waals surface area contributed by atoms with E-state index in [1.165, 1.54) is 23.2 Å². The van der Waals surface area contributed by atoms with Crippen molar-refractivity contribution in [3.8, 4) is 0 Å². The third-order valence-corrected chi connectivity index (χ3v) is 5.23. The number of aromatic amines is 1. The quantitative estimate of drug-likeness (QED) is 0.336. The number of ether oxygens (including phenoxy) is 1. The topological polar surface area (TPSA) is 113 Å². The Labute approximate surface area is 204 Å². The van der Waals surface area contributed by atoms with Crippen molar-refractivity contribution in [1.29, 1.82) is 0 Å². The molecule has 0 bridgehead atoms. The van der Waals surface area contributed by atoms with E-state index in [2.05, 4.69) is 38.8 Å². The molecule has 0 saturated heterocycles. The number of fused-ring (bicyclic) bond motifs is 3. The molecule has 2 heterocycles. The zero-order valence-electron chi connectivity index (χ0n) is 19.9. The van der Waals surface area contributed by atoms with Crippen molar-refractivity contribution in [2.24, 2.45) is 0 Å². The molecule has 0 aliphatic heterocycles. The number of hydrogen-bond donors (Lipinski definition) is 3. The standard InChI is InChI=1S/C16H22N2O4.C11H8N2/c1-3-17-15(20)10-9-14(18-12(2)19)16(21)22-11-13-7-5-4-6-8-13;1-2-9-10(12-6-1)4-3-8-5-7-13-11(8)9/h4-8,14H,3,9-11H2,1-2H3,(H,17,20)(H,18,19);1-7,13H. The lowest BCUT2D eigenvalue weighted by molar-refractivity contribution is -0.149. The molecule has 1 unspecified atom stereocenters. The van der Waals surface area contributed by atoms with Gasteiger partial charge in [-0.3, -0.25) is 14.6 Å². The summed E-state index contributed by atoms with van der Waals surface area (Å²) in [5, 5.41) is 7.59. The molecule has 0 fully saturated rings. The van der Waals surface area contributed by atoms with Crippen LogP contribution in [0.5, 0.6) is 0 Å². The molecular weight excluding hydrogens is 444 g/mol. The number of pyridine rings is 1. The van der Waals surface area contributed by atoms with Crippen LogP contribution < -0.4 is 10.6 Å². The summed E-state index contributed by atoms with van der Waals surface area (Å²) in [6.07, 6.45) is 4.13. The molecule has 182 valence electrons. The number of carbonyl (C=O) groups excluding carboxylic acids is 3. The highest BCUT2D eigenvalue weighted by atomic mass is 16.5. The first kappa shape index (κ1) is 25.4. The van der Waals surface area contributed by atoms with E-state index in [4.69, 9.17) is 4.74 Å². The van der Waals surface area contributed by atoms with Crippen LogP contribution in [0.2, 0.25) is 0 Å². The molecule has 4 aromatic rings. The third kappa shape index (κ3) is 7.67. The van der Waals surface area contributed by atoms with Gasteiger partial charge in [0.25, 0.3) is 0 Å². The predicted molar refractivity (Wildman–Crippen MR) is 135 cm³/mol. The summed E-state index contributed by atoms with van der Waals surface area (Å²) < 4.78 is 5.20. The van der Waals surface area contributed by atoms with E-state index in [1.54, 1.807) is 0 Å². The Morgan fingerprint density at radius 2 is 1.83 bits per heavy atom. The van der Waals surface area contributed by atoms with Gasteiger partial charge in [0.1, 0.15) is 12.6 Å². The van der Waals surface area contributed by atoms with Crippen LogP contribution in [0.1, 0.15) is 32.3 Å². The lowest BCUT2D eigenvalue weighted by Crippen LogP contribution is -2.41. The van der Waals surface area contributed by atoms with Crippen LogP contribution in [-0.4, -0.2) is 40.3 Å². The van der Waals surface area contributed by atoms with Crippen LogP contribution in [0.15, 0.2) is 73.1 Å². The SMILES string of the molecule is CCNC(=O)CCC(NC(C)=O)C(=O)OCc1ccccc1.c1cnc2ccc3cc[nH]c3c2c1. The van der Waals surface area contributed by atoms with Gasteiger partial charge in [-0.15, -0.1) is 0 Å². The minimum Gasteiger partial charge on any atom is -0.459 e. The number of carbonyl (C=O) groups is 3. The van der Waals surface area contributed by atoms with Crippen molar-refractivity contribution in [3.05, 3.63) is 78.6 Å². The number of nitrogens with one attached hydrogen (secondary N) is 3. The first-order valence-electron chi connectivity index (χ1n) is 11.5. The molecule has 1 atom stereocenters. The van der Waals surface area contributed by atoms with Gasteiger partial charge in [-0.25, -0.2) is 4.79 Å². The lowest BCUT2D eigenvalue weighted by Gasteiger charge is -2.16. The average molecular weight is 475 g/mol. The zero-order chi connectivity index (χ0) is 25.0. The highest BCUT2D eigenvalue weighted by Gasteiger charge is 2.22. The fraction of sp³-hybridized carbons (Fsp3) is 0.259. The summed E-state index contributed by atoms with van der Waals surface area (Å²) in [5.41, 5.74) is 3.07. The van der Waals surface area contributed by atoms with Gasteiger partial charge >= 0.3 is 5.97 Å². The largest absolute Gasteiger partial charge is 0.459 e. The number of esters is 1. The Hall–Kier alpha value is -4.20. The zero-order valence-corrected chi connectivity index (χ0v) is 19.9. The second-order valence-corrected chi connectivity index (χ2v) is 7.92. The molecule has 2 aromatic carbocycles. The van der Waals surface area contributed by atoms with Crippen LogP contribution in [0.3, 0.4) is 0 Å². The van der Waals surface area contributed by atoms with Crippen LogP contribution in [-0.2, 0) is 25.7 Å². The second kappa shape index (κ2) is 12.9. The third-order valence-electron chi connectivity index (χ3n) is 5.23. The van der Waals surface area contributed by atoms with Gasteiger partial charge in [-0.2, -0.15) is 0 Å². The number of rotatable bonds is 8. The second-order valence-electron chi connectivity index (χ2n) is 7.92. The lowest BCUT2D eigenvalue weighted by atomic mass is 10.1. The predicted octanol–water partition coefficient (Wildman–Crippen LogP) is 3.87. The van der Waals surface area contributed by atoms with Gasteiger partial charge in [0, 0.05) is 43.1 Å². The number of nitrogens with zero attached hydrogens (tertiary/aromatic N) is 1. The van der Waals surface area contributed by atoms with Crippen molar-refractivity contribution in [2.75, 3.05) is 6.54 Å². The molecule has 8 nitrogen and oxygen atoms in total. The van der Waals surface area contributed by atoms with Crippen molar-refractivity contribution in [3.63, 3.8) is 0 Å². The monoisotopic (exact) mass is 474 g/mol. The van der Waals surface area contributed by atoms with Crippen LogP contribution in [0, 0.1) is 0 Å². The number of amides is 2. The fourth-order valence-corrected chi connectivity index (χ4v) is 3.57. The molecular formula is C27H30N4O4. The van der Waals surface area contributed by atoms with Gasteiger partial charge < -0.3 is 20.4 Å². The Bertz CT molecular complexity index is 1270. The molecule has 2 aromatic heterocycles. The van der Waals surface area contributed by atoms with Gasteiger partial charge in [-0.05, 0) is 43.2 Å². The van der Waals surface area contributed by atoms with E-state index in [-0.39, 0.29) is 31.3 Å².